The average molecular weight is 855 g/mol. The lowest BCUT2D eigenvalue weighted by molar-refractivity contribution is -0.328. The van der Waals surface area contributed by atoms with Crippen LogP contribution >= 0.6 is 0 Å². The van der Waals surface area contributed by atoms with Gasteiger partial charge in [0.15, 0.2) is 11.6 Å². The van der Waals surface area contributed by atoms with Crippen molar-refractivity contribution in [2.24, 2.45) is 17.8 Å². The largest absolute Gasteiger partial charge is 0.458 e. The molecule has 4 aliphatic heterocycles. The van der Waals surface area contributed by atoms with Crippen LogP contribution in [0.15, 0.2) is 0 Å². The van der Waals surface area contributed by atoms with E-state index in [0.29, 0.717) is 31.6 Å². The Morgan fingerprint density at radius 1 is 0.900 bits per heavy atom. The molecule has 0 aliphatic carbocycles. The van der Waals surface area contributed by atoms with Gasteiger partial charge in [0.05, 0.1) is 12.6 Å². The number of esters is 1. The van der Waals surface area contributed by atoms with E-state index >= 15 is 0 Å². The van der Waals surface area contributed by atoms with Crippen LogP contribution in [0.5, 0.6) is 0 Å². The number of hydrogen-bond donors (Lipinski definition) is 8. The summed E-state index contributed by atoms with van der Waals surface area (Å²) in [6.07, 6.45) is 1.09. The minimum absolute atomic E-state index is 0.0312. The number of carbonyl (C=O) groups is 7. The van der Waals surface area contributed by atoms with Crippen LogP contribution in [0, 0.1) is 17.8 Å². The molecule has 4 rings (SSSR count). The van der Waals surface area contributed by atoms with Crippen LogP contribution in [-0.4, -0.2) is 156 Å². The summed E-state index contributed by atoms with van der Waals surface area (Å²) in [5.74, 6) is -10.3. The minimum Gasteiger partial charge on any atom is -0.458 e. The van der Waals surface area contributed by atoms with E-state index in [-0.39, 0.29) is 48.4 Å². The molecule has 0 aromatic carbocycles. The third-order valence-corrected chi connectivity index (χ3v) is 12.1. The maximum atomic E-state index is 14.8. The molecule has 0 radical (unpaired) electrons. The Balaban J connectivity index is 1.76. The van der Waals surface area contributed by atoms with Gasteiger partial charge in [-0.05, 0) is 83.5 Å². The number of hydroxylamine groups is 4. The highest BCUT2D eigenvalue weighted by atomic mass is 16.6. The molecule has 0 unspecified atom stereocenters. The van der Waals surface area contributed by atoms with Crippen LogP contribution in [0.3, 0.4) is 0 Å². The van der Waals surface area contributed by atoms with Crippen molar-refractivity contribution in [1.82, 2.24) is 41.6 Å². The summed E-state index contributed by atoms with van der Waals surface area (Å²) in [5.41, 5.74) is 2.86. The molecule has 21 nitrogen and oxygen atoms in total. The van der Waals surface area contributed by atoms with Crippen molar-refractivity contribution < 1.29 is 63.7 Å². The Morgan fingerprint density at radius 2 is 1.47 bits per heavy atom. The Morgan fingerprint density at radius 3 is 2.03 bits per heavy atom. The molecule has 0 bridgehead atoms. The molecule has 4 saturated heterocycles. The SMILES string of the molecule is CC[C@@H]1O[C@@](O)([C@](C)(O)C(=O)N[C@@H]2C(=O)N3NCCC[C@@H]3C(=O)N(O)[C@@H](C)C(=O)NCC(=O)N3NCCC[C@H]3C(=O)N(O)[C@H](C)C(=O)O[C@H]2C(C)C)CC[C@@H]1CCC(C)C. The van der Waals surface area contributed by atoms with Crippen LogP contribution < -0.4 is 21.5 Å². The van der Waals surface area contributed by atoms with E-state index in [9.17, 15) is 54.2 Å². The normalized spacial score (nSPS) is 33.3. The van der Waals surface area contributed by atoms with Gasteiger partial charge in [-0.15, -0.1) is 0 Å². The second-order valence-corrected chi connectivity index (χ2v) is 17.3. The highest BCUT2D eigenvalue weighted by molar-refractivity contribution is 5.97. The summed E-state index contributed by atoms with van der Waals surface area (Å²) in [7, 11) is 0. The predicted molar refractivity (Wildman–Crippen MR) is 209 cm³/mol. The summed E-state index contributed by atoms with van der Waals surface area (Å²) in [5, 5.41) is 52.7. The number of amides is 6. The Hall–Kier alpha value is -3.99. The number of fused-ring (bicyclic) bond motifs is 2. The molecule has 0 saturated carbocycles. The third kappa shape index (κ3) is 10.5. The Bertz CT molecular complexity index is 1600. The standard InChI is InChI=1S/C39H66N8O13/c1-9-28-25(15-14-21(2)3)16-17-39(56,60-28)38(8,55)37(54)43-30-31(22(4)5)59-36(53)24(7)47(58)33(50)26-12-10-18-41-44(26)29(48)20-40-32(49)23(6)46(57)34(51)27-13-11-19-42-45(27)35(30)52/h21-28,30-31,41-42,55-58H,9-20H2,1-8H3,(H,40,49)(H,43,54)/t23-,24+,25-,26-,27+,28-,30-,31-,38+,39+/m0/s1. The van der Waals surface area contributed by atoms with Crippen molar-refractivity contribution >= 4 is 41.4 Å². The molecular formula is C39H66N8O13. The first-order valence-corrected chi connectivity index (χ1v) is 21.2. The molecule has 10 atom stereocenters. The van der Waals surface area contributed by atoms with Crippen molar-refractivity contribution in [2.45, 2.75) is 167 Å². The number of nitrogens with one attached hydrogen (secondary N) is 4. The summed E-state index contributed by atoms with van der Waals surface area (Å²) >= 11 is 0. The molecule has 340 valence electrons. The van der Waals surface area contributed by atoms with Crippen LogP contribution in [0.4, 0.5) is 0 Å². The van der Waals surface area contributed by atoms with Gasteiger partial charge in [-0.1, -0.05) is 41.0 Å². The van der Waals surface area contributed by atoms with Gasteiger partial charge >= 0.3 is 5.97 Å². The monoisotopic (exact) mass is 854 g/mol. The summed E-state index contributed by atoms with van der Waals surface area (Å²) in [6, 6.07) is -8.05. The lowest BCUT2D eigenvalue weighted by atomic mass is 9.79. The zero-order valence-electron chi connectivity index (χ0n) is 36.0. The molecule has 21 heteroatoms. The third-order valence-electron chi connectivity index (χ3n) is 12.1. The zero-order valence-corrected chi connectivity index (χ0v) is 36.0. The lowest BCUT2D eigenvalue weighted by Gasteiger charge is -2.48. The fraction of sp³-hybridized carbons (Fsp3) is 0.821. The van der Waals surface area contributed by atoms with Gasteiger partial charge in [-0.25, -0.2) is 25.8 Å². The highest BCUT2D eigenvalue weighted by Gasteiger charge is 2.57. The number of ether oxygens (including phenoxy) is 2. The number of carbonyl (C=O) groups excluding carboxylic acids is 7. The maximum Gasteiger partial charge on any atom is 0.331 e. The van der Waals surface area contributed by atoms with Crippen molar-refractivity contribution in [2.75, 3.05) is 19.6 Å². The second-order valence-electron chi connectivity index (χ2n) is 17.3. The molecule has 0 aromatic rings. The summed E-state index contributed by atoms with van der Waals surface area (Å²) in [6.45, 7) is 12.2. The van der Waals surface area contributed by atoms with Crippen LogP contribution in [0.1, 0.15) is 113 Å². The van der Waals surface area contributed by atoms with Gasteiger partial charge < -0.3 is 30.3 Å². The molecule has 0 spiro atoms. The van der Waals surface area contributed by atoms with Crippen molar-refractivity contribution in [3.8, 4) is 0 Å². The zero-order chi connectivity index (χ0) is 44.9. The number of aliphatic hydroxyl groups is 2. The molecule has 60 heavy (non-hydrogen) atoms. The van der Waals surface area contributed by atoms with E-state index in [1.54, 1.807) is 13.8 Å². The van der Waals surface area contributed by atoms with Crippen molar-refractivity contribution in [1.29, 1.82) is 0 Å². The smallest absolute Gasteiger partial charge is 0.331 e. The van der Waals surface area contributed by atoms with Crippen LogP contribution in [0.2, 0.25) is 0 Å². The number of nitrogens with zero attached hydrogens (tertiary/aromatic N) is 4. The number of hydrazine groups is 2. The van der Waals surface area contributed by atoms with E-state index in [1.807, 2.05) is 6.92 Å². The van der Waals surface area contributed by atoms with Gasteiger partial charge in [-0.3, -0.25) is 49.2 Å². The van der Waals surface area contributed by atoms with Gasteiger partial charge in [-0.2, -0.15) is 0 Å². The Labute approximate surface area is 350 Å². The number of cyclic esters (lactones) is 1. The molecule has 6 amide bonds. The van der Waals surface area contributed by atoms with Gasteiger partial charge in [0.2, 0.25) is 11.7 Å². The van der Waals surface area contributed by atoms with Crippen LogP contribution in [0.25, 0.3) is 0 Å². The van der Waals surface area contributed by atoms with E-state index < -0.39 is 108 Å². The van der Waals surface area contributed by atoms with Crippen LogP contribution in [-0.2, 0) is 43.0 Å². The minimum atomic E-state index is -2.70. The van der Waals surface area contributed by atoms with Gasteiger partial charge in [0, 0.05) is 19.5 Å². The van der Waals surface area contributed by atoms with E-state index in [1.165, 1.54) is 6.92 Å². The average Bonchev–Trinajstić information content (AvgIpc) is 3.23. The predicted octanol–water partition coefficient (Wildman–Crippen LogP) is -0.546. The lowest BCUT2D eigenvalue weighted by Crippen LogP contribution is -2.70. The quantitative estimate of drug-likeness (QED) is 0.112. The molecule has 4 fully saturated rings. The first kappa shape index (κ1) is 48.7. The van der Waals surface area contributed by atoms with Gasteiger partial charge in [0.1, 0.15) is 30.3 Å². The summed E-state index contributed by atoms with van der Waals surface area (Å²) < 4.78 is 11.9. The Kier molecular flexibility index (Phi) is 16.4. The first-order valence-electron chi connectivity index (χ1n) is 21.2. The number of hydrogen-bond acceptors (Lipinski definition) is 15. The summed E-state index contributed by atoms with van der Waals surface area (Å²) in [4.78, 5) is 97.0. The van der Waals surface area contributed by atoms with E-state index in [2.05, 4.69) is 35.3 Å². The molecule has 4 heterocycles. The van der Waals surface area contributed by atoms with Crippen molar-refractivity contribution in [3.63, 3.8) is 0 Å². The van der Waals surface area contributed by atoms with E-state index in [0.717, 1.165) is 36.7 Å². The van der Waals surface area contributed by atoms with Gasteiger partial charge in [0.25, 0.3) is 29.5 Å². The highest BCUT2D eigenvalue weighted by Crippen LogP contribution is 2.41. The molecule has 0 aromatic heterocycles. The maximum absolute atomic E-state index is 14.8. The fourth-order valence-electron chi connectivity index (χ4n) is 8.06. The molecular weight excluding hydrogens is 788 g/mol. The fourth-order valence-corrected chi connectivity index (χ4v) is 8.06. The molecule has 8 N–H and O–H groups in total. The molecule has 4 aliphatic rings. The van der Waals surface area contributed by atoms with Crippen molar-refractivity contribution in [3.05, 3.63) is 0 Å². The second kappa shape index (κ2) is 20.3. The number of rotatable bonds is 8. The first-order chi connectivity index (χ1) is 28.1. The van der Waals surface area contributed by atoms with E-state index in [4.69, 9.17) is 9.47 Å². The topological polar surface area (TPSA) is 280 Å².